The normalized spacial score (nSPS) is 10.2. The molecule has 2 aromatic carbocycles. The summed E-state index contributed by atoms with van der Waals surface area (Å²) in [6, 6.07) is 22.9. The van der Waals surface area contributed by atoms with E-state index in [9.17, 15) is 4.79 Å². The average Bonchev–Trinajstić information content (AvgIpc) is 2.63. The number of nitrogens with one attached hydrogen (secondary N) is 1. The van der Waals surface area contributed by atoms with Gasteiger partial charge in [-0.25, -0.2) is 4.98 Å². The van der Waals surface area contributed by atoms with Gasteiger partial charge >= 0.3 is 0 Å². The van der Waals surface area contributed by atoms with Crippen LogP contribution in [0.5, 0.6) is 0 Å². The van der Waals surface area contributed by atoms with Crippen LogP contribution in [-0.4, -0.2) is 10.9 Å². The van der Waals surface area contributed by atoms with Crippen LogP contribution in [0.15, 0.2) is 79.0 Å². The third-order valence-corrected chi connectivity index (χ3v) is 3.79. The number of nitrogens with zero attached hydrogens (tertiary/aromatic N) is 2. The summed E-state index contributed by atoms with van der Waals surface area (Å²) < 4.78 is 0. The fourth-order valence-electron chi connectivity index (χ4n) is 2.31. The third-order valence-electron chi connectivity index (χ3n) is 3.49. The highest BCUT2D eigenvalue weighted by Crippen LogP contribution is 2.17. The Kier molecular flexibility index (Phi) is 5.08. The Morgan fingerprint density at radius 2 is 1.62 bits per heavy atom. The van der Waals surface area contributed by atoms with Gasteiger partial charge in [0, 0.05) is 6.20 Å². The van der Waals surface area contributed by atoms with Crippen LogP contribution in [0.3, 0.4) is 0 Å². The van der Waals surface area contributed by atoms with E-state index in [1.165, 1.54) is 0 Å². The number of hydrogen-bond donors (Lipinski definition) is 1. The zero-order valence-electron chi connectivity index (χ0n) is 12.9. The number of aromatic nitrogens is 1. The number of hydrogen-bond acceptors (Lipinski definition) is 3. The molecule has 0 aliphatic heterocycles. The molecular formula is C19H16ClN3O. The molecule has 0 aliphatic carbocycles. The number of pyridine rings is 1. The summed E-state index contributed by atoms with van der Waals surface area (Å²) >= 11 is 6.02. The quantitative estimate of drug-likeness (QED) is 0.563. The van der Waals surface area contributed by atoms with Crippen molar-refractivity contribution in [3.8, 4) is 0 Å². The number of amides is 1. The molecule has 4 nitrogen and oxygen atoms in total. The maximum absolute atomic E-state index is 12.6. The Labute approximate surface area is 145 Å². The minimum absolute atomic E-state index is 0.183. The zero-order chi connectivity index (χ0) is 16.8. The van der Waals surface area contributed by atoms with Crippen molar-refractivity contribution in [2.24, 2.45) is 0 Å². The first-order valence-electron chi connectivity index (χ1n) is 7.52. The van der Waals surface area contributed by atoms with E-state index in [0.717, 1.165) is 11.3 Å². The van der Waals surface area contributed by atoms with Gasteiger partial charge in [-0.3, -0.25) is 15.2 Å². The van der Waals surface area contributed by atoms with Crippen LogP contribution >= 0.6 is 11.6 Å². The summed E-state index contributed by atoms with van der Waals surface area (Å²) in [5, 5.41) is 1.98. The van der Waals surface area contributed by atoms with Gasteiger partial charge in [0.15, 0.2) is 0 Å². The van der Waals surface area contributed by atoms with Crippen molar-refractivity contribution in [1.82, 2.24) is 10.4 Å². The van der Waals surface area contributed by atoms with Gasteiger partial charge in [0.2, 0.25) is 0 Å². The highest BCUT2D eigenvalue weighted by molar-refractivity contribution is 6.32. The molecule has 1 heterocycles. The maximum Gasteiger partial charge on any atom is 0.272 e. The Bertz CT molecular complexity index is 809. The monoisotopic (exact) mass is 337 g/mol. The van der Waals surface area contributed by atoms with Gasteiger partial charge in [-0.2, -0.15) is 0 Å². The zero-order valence-corrected chi connectivity index (χ0v) is 13.6. The van der Waals surface area contributed by atoms with Crippen molar-refractivity contribution in [2.45, 2.75) is 6.54 Å². The molecule has 24 heavy (non-hydrogen) atoms. The predicted molar refractivity (Wildman–Crippen MR) is 95.8 cm³/mol. The van der Waals surface area contributed by atoms with Gasteiger partial charge < -0.3 is 0 Å². The lowest BCUT2D eigenvalue weighted by Crippen LogP contribution is -2.42. The molecular weight excluding hydrogens is 322 g/mol. The highest BCUT2D eigenvalue weighted by Gasteiger charge is 2.15. The van der Waals surface area contributed by atoms with Gasteiger partial charge in [-0.05, 0) is 29.8 Å². The molecule has 0 saturated heterocycles. The number of para-hydroxylation sites is 1. The van der Waals surface area contributed by atoms with E-state index in [2.05, 4.69) is 10.4 Å². The minimum atomic E-state index is -0.298. The molecule has 0 aliphatic rings. The number of halogens is 1. The molecule has 0 bridgehead atoms. The van der Waals surface area contributed by atoms with E-state index in [1.807, 2.05) is 60.7 Å². The van der Waals surface area contributed by atoms with Gasteiger partial charge in [-0.15, -0.1) is 0 Å². The topological polar surface area (TPSA) is 45.2 Å². The fraction of sp³-hybridized carbons (Fsp3) is 0.0526. The Morgan fingerprint density at radius 3 is 2.29 bits per heavy atom. The first-order chi connectivity index (χ1) is 11.7. The standard InChI is InChI=1S/C19H16ClN3O/c20-18-17(12-7-13-21-18)19(24)22-23(16-10-5-2-6-11-16)14-15-8-3-1-4-9-15/h1-13H,14H2,(H,22,24). The molecule has 3 aromatic rings. The van der Waals surface area contributed by atoms with Crippen LogP contribution in [0.25, 0.3) is 0 Å². The fourth-order valence-corrected chi connectivity index (χ4v) is 2.51. The lowest BCUT2D eigenvalue weighted by molar-refractivity contribution is 0.0948. The van der Waals surface area contributed by atoms with Crippen LogP contribution in [0, 0.1) is 0 Å². The van der Waals surface area contributed by atoms with E-state index in [0.29, 0.717) is 12.1 Å². The van der Waals surface area contributed by atoms with Crippen molar-refractivity contribution in [1.29, 1.82) is 0 Å². The van der Waals surface area contributed by atoms with Crippen molar-refractivity contribution in [3.05, 3.63) is 95.3 Å². The van der Waals surface area contributed by atoms with Gasteiger partial charge in [0.25, 0.3) is 5.91 Å². The molecule has 1 N–H and O–H groups in total. The van der Waals surface area contributed by atoms with Crippen LogP contribution in [0.4, 0.5) is 5.69 Å². The number of carbonyl (C=O) groups excluding carboxylic acids is 1. The van der Waals surface area contributed by atoms with E-state index < -0.39 is 0 Å². The molecule has 3 rings (SSSR count). The number of rotatable bonds is 5. The number of hydrazine groups is 1. The van der Waals surface area contributed by atoms with Gasteiger partial charge in [0.1, 0.15) is 5.15 Å². The lowest BCUT2D eigenvalue weighted by Gasteiger charge is -2.25. The third kappa shape index (κ3) is 3.91. The number of benzene rings is 2. The summed E-state index contributed by atoms with van der Waals surface area (Å²) in [4.78, 5) is 16.5. The predicted octanol–water partition coefficient (Wildman–Crippen LogP) is 4.09. The first-order valence-corrected chi connectivity index (χ1v) is 7.90. The average molecular weight is 338 g/mol. The van der Waals surface area contributed by atoms with Crippen molar-refractivity contribution < 1.29 is 4.79 Å². The smallest absolute Gasteiger partial charge is 0.272 e. The van der Waals surface area contributed by atoms with Crippen molar-refractivity contribution in [3.63, 3.8) is 0 Å². The molecule has 1 aromatic heterocycles. The minimum Gasteiger partial charge on any atom is -0.281 e. The molecule has 0 spiro atoms. The van der Waals surface area contributed by atoms with Gasteiger partial charge in [0.05, 0.1) is 17.8 Å². The second kappa shape index (κ2) is 7.62. The summed E-state index contributed by atoms with van der Waals surface area (Å²) in [5.74, 6) is -0.298. The van der Waals surface area contributed by atoms with Crippen LogP contribution < -0.4 is 10.4 Å². The van der Waals surface area contributed by atoms with Crippen molar-refractivity contribution in [2.75, 3.05) is 5.01 Å². The summed E-state index contributed by atoms with van der Waals surface area (Å²) in [6.45, 7) is 0.536. The van der Waals surface area contributed by atoms with Crippen molar-refractivity contribution >= 4 is 23.2 Å². The Morgan fingerprint density at radius 1 is 0.958 bits per heavy atom. The molecule has 0 unspecified atom stereocenters. The molecule has 1 amide bonds. The molecule has 0 fully saturated rings. The summed E-state index contributed by atoms with van der Waals surface area (Å²) in [7, 11) is 0. The molecule has 0 radical (unpaired) electrons. The van der Waals surface area contributed by atoms with Crippen LogP contribution in [0.1, 0.15) is 15.9 Å². The lowest BCUT2D eigenvalue weighted by atomic mass is 10.2. The molecule has 120 valence electrons. The van der Waals surface area contributed by atoms with Crippen LogP contribution in [-0.2, 0) is 6.54 Å². The van der Waals surface area contributed by atoms with E-state index in [1.54, 1.807) is 23.3 Å². The first kappa shape index (κ1) is 16.0. The van der Waals surface area contributed by atoms with E-state index in [-0.39, 0.29) is 11.1 Å². The van der Waals surface area contributed by atoms with Crippen LogP contribution in [0.2, 0.25) is 5.15 Å². The van der Waals surface area contributed by atoms with E-state index in [4.69, 9.17) is 11.6 Å². The second-order valence-corrected chi connectivity index (χ2v) is 5.55. The van der Waals surface area contributed by atoms with Gasteiger partial charge in [-0.1, -0.05) is 60.1 Å². The molecule has 5 heteroatoms. The Balaban J connectivity index is 1.85. The number of carbonyl (C=O) groups is 1. The highest BCUT2D eigenvalue weighted by atomic mass is 35.5. The SMILES string of the molecule is O=C(NN(Cc1ccccc1)c1ccccc1)c1cccnc1Cl. The maximum atomic E-state index is 12.6. The number of anilines is 1. The summed E-state index contributed by atoms with van der Waals surface area (Å²) in [5.41, 5.74) is 5.22. The second-order valence-electron chi connectivity index (χ2n) is 5.19. The summed E-state index contributed by atoms with van der Waals surface area (Å²) in [6.07, 6.45) is 1.55. The molecule has 0 atom stereocenters. The largest absolute Gasteiger partial charge is 0.281 e. The van der Waals surface area contributed by atoms with E-state index >= 15 is 0 Å². The molecule has 0 saturated carbocycles. The Hall–Kier alpha value is -2.85.